The van der Waals surface area contributed by atoms with E-state index in [4.69, 9.17) is 15.6 Å². The minimum Gasteiger partial charge on any atom is -0.393 e. The van der Waals surface area contributed by atoms with Gasteiger partial charge in [0.2, 0.25) is 6.35 Å². The third-order valence-corrected chi connectivity index (χ3v) is 3.15. The van der Waals surface area contributed by atoms with Gasteiger partial charge < -0.3 is 30.7 Å². The highest BCUT2D eigenvalue weighted by Crippen LogP contribution is 2.35. The normalized spacial score (nSPS) is 44.3. The average molecular weight is 261 g/mol. The summed E-state index contributed by atoms with van der Waals surface area (Å²) in [5, 5.41) is 28.5. The van der Waals surface area contributed by atoms with Gasteiger partial charge in [-0.3, -0.25) is 0 Å². The van der Waals surface area contributed by atoms with Gasteiger partial charge in [-0.2, -0.15) is 0 Å². The van der Waals surface area contributed by atoms with Crippen LogP contribution in [0.3, 0.4) is 0 Å². The van der Waals surface area contributed by atoms with Crippen LogP contribution in [0.2, 0.25) is 0 Å². The molecule has 0 bridgehead atoms. The molecule has 0 aromatic rings. The highest BCUT2D eigenvalue weighted by molar-refractivity contribution is 5.91. The van der Waals surface area contributed by atoms with Crippen LogP contribution >= 0.6 is 0 Å². The van der Waals surface area contributed by atoms with Crippen LogP contribution in [0.1, 0.15) is 6.92 Å². The molecule has 1 saturated heterocycles. The summed E-state index contributed by atoms with van der Waals surface area (Å²) in [5.41, 5.74) is 3.97. The van der Waals surface area contributed by atoms with Gasteiger partial charge in [-0.05, 0) is 13.0 Å². The van der Waals surface area contributed by atoms with Crippen molar-refractivity contribution < 1.29 is 24.4 Å². The number of alkyl halides is 1. The predicted octanol–water partition coefficient (Wildman–Crippen LogP) is -1.74. The molecule has 0 spiro atoms. The summed E-state index contributed by atoms with van der Waals surface area (Å²) >= 11 is 0. The summed E-state index contributed by atoms with van der Waals surface area (Å²) in [5.74, 6) is 0.109. The summed E-state index contributed by atoms with van der Waals surface area (Å²) < 4.78 is 19.3. The molecule has 5 atom stereocenters. The maximum atomic E-state index is 14.0. The first-order valence-electron chi connectivity index (χ1n) is 5.47. The Bertz CT molecular complexity index is 391. The predicted molar refractivity (Wildman–Crippen MR) is 59.9 cm³/mol. The number of rotatable bonds is 2. The van der Waals surface area contributed by atoms with Crippen molar-refractivity contribution in [2.45, 2.75) is 37.4 Å². The second kappa shape index (κ2) is 4.47. The number of ether oxygens (including phenoxy) is 1. The van der Waals surface area contributed by atoms with Crippen molar-refractivity contribution in [2.24, 2.45) is 10.7 Å². The number of hydrogen-bond donors (Lipinski definition) is 4. The third-order valence-electron chi connectivity index (χ3n) is 3.15. The molecule has 1 fully saturated rings. The van der Waals surface area contributed by atoms with Crippen LogP contribution in [0.4, 0.5) is 4.39 Å². The molecule has 0 aromatic heterocycles. The Morgan fingerprint density at radius 1 is 1.61 bits per heavy atom. The Morgan fingerprint density at radius 2 is 2.28 bits per heavy atom. The van der Waals surface area contributed by atoms with Gasteiger partial charge in [0.25, 0.3) is 0 Å². The summed E-state index contributed by atoms with van der Waals surface area (Å²) in [6.07, 6.45) is -3.18. The lowest BCUT2D eigenvalue weighted by Crippen LogP contribution is -2.46. The molecule has 0 saturated carbocycles. The molecule has 2 aliphatic heterocycles. The minimum atomic E-state index is -1.78. The molecule has 2 aliphatic rings. The number of aliphatic hydroxyl groups is 3. The van der Waals surface area contributed by atoms with Crippen molar-refractivity contribution in [3.05, 3.63) is 12.3 Å². The molecule has 7 nitrogen and oxygen atoms in total. The molecule has 0 radical (unpaired) electrons. The van der Waals surface area contributed by atoms with Crippen LogP contribution < -0.4 is 5.73 Å². The number of nitrogens with zero attached hydrogens (tertiary/aromatic N) is 2. The maximum absolute atomic E-state index is 14.0. The van der Waals surface area contributed by atoms with E-state index in [1.807, 2.05) is 0 Å². The fourth-order valence-electron chi connectivity index (χ4n) is 1.96. The molecule has 102 valence electrons. The van der Waals surface area contributed by atoms with E-state index < -0.39 is 37.1 Å². The molecular formula is C10H16FN3O4. The number of hydrogen-bond acceptors (Lipinski definition) is 7. The molecule has 2 rings (SSSR count). The quantitative estimate of drug-likeness (QED) is 0.469. The highest BCUT2D eigenvalue weighted by Gasteiger charge is 2.54. The van der Waals surface area contributed by atoms with Crippen molar-refractivity contribution in [3.8, 4) is 0 Å². The lowest BCUT2D eigenvalue weighted by molar-refractivity contribution is -0.156. The monoisotopic (exact) mass is 261 g/mol. The van der Waals surface area contributed by atoms with Crippen LogP contribution in [0, 0.1) is 0 Å². The highest BCUT2D eigenvalue weighted by atomic mass is 19.1. The Kier molecular flexibility index (Phi) is 3.28. The summed E-state index contributed by atoms with van der Waals surface area (Å²) in [7, 11) is 0. The van der Waals surface area contributed by atoms with Crippen LogP contribution in [0.15, 0.2) is 17.3 Å². The molecule has 5 N–H and O–H groups in total. The van der Waals surface area contributed by atoms with Crippen molar-refractivity contribution in [2.75, 3.05) is 6.61 Å². The molecule has 0 amide bonds. The lowest BCUT2D eigenvalue weighted by atomic mass is 9.99. The fourth-order valence-corrected chi connectivity index (χ4v) is 1.96. The van der Waals surface area contributed by atoms with Gasteiger partial charge >= 0.3 is 0 Å². The van der Waals surface area contributed by atoms with Gasteiger partial charge in [-0.25, -0.2) is 9.38 Å². The molecule has 8 heteroatoms. The molecular weight excluding hydrogens is 245 g/mol. The number of amidine groups is 1. The largest absolute Gasteiger partial charge is 0.393 e. The zero-order valence-corrected chi connectivity index (χ0v) is 9.77. The second-order valence-electron chi connectivity index (χ2n) is 4.53. The third kappa shape index (κ3) is 1.97. The number of aliphatic imine (C=N–C) groups is 1. The average Bonchev–Trinajstić information content (AvgIpc) is 2.55. The van der Waals surface area contributed by atoms with Gasteiger partial charge in [-0.1, -0.05) is 0 Å². The zero-order valence-electron chi connectivity index (χ0n) is 9.77. The minimum absolute atomic E-state index is 0.109. The topological polar surface area (TPSA) is 112 Å². The van der Waals surface area contributed by atoms with E-state index in [-0.39, 0.29) is 5.84 Å². The van der Waals surface area contributed by atoms with Crippen molar-refractivity contribution in [1.82, 2.24) is 4.90 Å². The standard InChI is InChI=1S/C10H16FN3O4/c1-10(4-15)7(16)6(11)8(18-10)14-3-2-5(12)13-9(14)17/h2-3,6-9,15-17H,4H2,1H3,(H2,12,13). The van der Waals surface area contributed by atoms with E-state index in [1.165, 1.54) is 19.2 Å². The van der Waals surface area contributed by atoms with Crippen molar-refractivity contribution >= 4 is 5.84 Å². The molecule has 2 heterocycles. The Balaban J connectivity index is 2.19. The van der Waals surface area contributed by atoms with Crippen molar-refractivity contribution in [1.29, 1.82) is 0 Å². The summed E-state index contributed by atoms with van der Waals surface area (Å²) in [4.78, 5) is 4.73. The first kappa shape index (κ1) is 13.2. The maximum Gasteiger partial charge on any atom is 0.229 e. The Morgan fingerprint density at radius 3 is 2.78 bits per heavy atom. The SMILES string of the molecule is CC1(CO)OC(N2C=CC(N)=NC2O)C(F)C1O. The molecule has 0 aliphatic carbocycles. The second-order valence-corrected chi connectivity index (χ2v) is 4.53. The number of aliphatic hydroxyl groups excluding tert-OH is 3. The van der Waals surface area contributed by atoms with E-state index in [1.54, 1.807) is 0 Å². The van der Waals surface area contributed by atoms with E-state index in [0.717, 1.165) is 4.90 Å². The van der Waals surface area contributed by atoms with E-state index in [9.17, 15) is 14.6 Å². The van der Waals surface area contributed by atoms with E-state index >= 15 is 0 Å². The van der Waals surface area contributed by atoms with E-state index in [2.05, 4.69) is 4.99 Å². The smallest absolute Gasteiger partial charge is 0.229 e. The lowest BCUT2D eigenvalue weighted by Gasteiger charge is -2.33. The van der Waals surface area contributed by atoms with Gasteiger partial charge in [0.1, 0.15) is 17.5 Å². The van der Waals surface area contributed by atoms with Gasteiger partial charge in [0.15, 0.2) is 12.4 Å². The zero-order chi connectivity index (χ0) is 13.5. The molecule has 18 heavy (non-hydrogen) atoms. The molecule has 5 unspecified atom stereocenters. The van der Waals surface area contributed by atoms with Crippen LogP contribution in [-0.2, 0) is 4.74 Å². The number of nitrogens with two attached hydrogens (primary N) is 1. The van der Waals surface area contributed by atoms with E-state index in [0.29, 0.717) is 0 Å². The van der Waals surface area contributed by atoms with Crippen LogP contribution in [0.5, 0.6) is 0 Å². The van der Waals surface area contributed by atoms with Crippen molar-refractivity contribution in [3.63, 3.8) is 0 Å². The van der Waals surface area contributed by atoms with Crippen LogP contribution in [-0.4, -0.2) is 63.1 Å². The summed E-state index contributed by atoms with van der Waals surface area (Å²) in [6.45, 7) is 0.853. The van der Waals surface area contributed by atoms with Gasteiger partial charge in [-0.15, -0.1) is 0 Å². The Labute approximate surface area is 103 Å². The van der Waals surface area contributed by atoms with Gasteiger partial charge in [0.05, 0.1) is 6.61 Å². The first-order chi connectivity index (χ1) is 8.39. The summed E-state index contributed by atoms with van der Waals surface area (Å²) in [6, 6.07) is 0. The Hall–Kier alpha value is -1.22. The van der Waals surface area contributed by atoms with Gasteiger partial charge in [0, 0.05) is 6.20 Å². The first-order valence-corrected chi connectivity index (χ1v) is 5.47. The fraction of sp³-hybridized carbons (Fsp3) is 0.700. The molecule has 0 aromatic carbocycles. The number of halogens is 1. The van der Waals surface area contributed by atoms with Crippen LogP contribution in [0.25, 0.3) is 0 Å².